The highest BCUT2D eigenvalue weighted by molar-refractivity contribution is 6.36. The largest absolute Gasteiger partial charge is 0.328 e. The van der Waals surface area contributed by atoms with Crippen molar-refractivity contribution in [1.82, 2.24) is 9.55 Å². The van der Waals surface area contributed by atoms with Gasteiger partial charge < -0.3 is 10.3 Å². The van der Waals surface area contributed by atoms with E-state index in [4.69, 9.17) is 28.9 Å². The molecule has 2 aromatic carbocycles. The quantitative estimate of drug-likeness (QED) is 0.753. The molecular formula is C17H14Cl2FN3. The van der Waals surface area contributed by atoms with E-state index in [0.717, 1.165) is 22.5 Å². The molecule has 2 N–H and O–H groups in total. The number of halogens is 3. The van der Waals surface area contributed by atoms with Crippen LogP contribution in [0.15, 0.2) is 48.8 Å². The van der Waals surface area contributed by atoms with Crippen molar-refractivity contribution in [3.05, 3.63) is 75.9 Å². The minimum atomic E-state index is -0.257. The Bertz CT molecular complexity index is 828. The average Bonchev–Trinajstić information content (AvgIpc) is 2.92. The van der Waals surface area contributed by atoms with Crippen LogP contribution in [0.1, 0.15) is 11.3 Å². The fraction of sp³-hybridized carbons (Fsp3) is 0.118. The first-order valence-corrected chi connectivity index (χ1v) is 7.78. The molecule has 0 saturated heterocycles. The molecule has 6 heteroatoms. The highest BCUT2D eigenvalue weighted by Crippen LogP contribution is 2.31. The summed E-state index contributed by atoms with van der Waals surface area (Å²) < 4.78 is 14.9. The monoisotopic (exact) mass is 349 g/mol. The SMILES string of the molecule is NCc1c(-c2ccc(Cl)cc2Cl)ncn1Cc1ccc(F)cc1. The van der Waals surface area contributed by atoms with E-state index in [2.05, 4.69) is 4.98 Å². The minimum absolute atomic E-state index is 0.257. The molecular weight excluding hydrogens is 336 g/mol. The topological polar surface area (TPSA) is 43.8 Å². The second kappa shape index (κ2) is 6.71. The summed E-state index contributed by atoms with van der Waals surface area (Å²) in [6, 6.07) is 11.6. The second-order valence-electron chi connectivity index (χ2n) is 5.12. The van der Waals surface area contributed by atoms with Crippen LogP contribution < -0.4 is 5.73 Å². The molecule has 3 aromatic rings. The Labute approximate surface area is 143 Å². The Morgan fingerprint density at radius 3 is 2.48 bits per heavy atom. The number of aromatic nitrogens is 2. The zero-order chi connectivity index (χ0) is 16.4. The van der Waals surface area contributed by atoms with Crippen LogP contribution in [0.3, 0.4) is 0 Å². The lowest BCUT2D eigenvalue weighted by Gasteiger charge is -2.09. The van der Waals surface area contributed by atoms with Crippen LogP contribution in [0.5, 0.6) is 0 Å². The molecule has 3 nitrogen and oxygen atoms in total. The van der Waals surface area contributed by atoms with Crippen molar-refractivity contribution in [1.29, 1.82) is 0 Å². The number of nitrogens with two attached hydrogens (primary N) is 1. The predicted molar refractivity (Wildman–Crippen MR) is 91.1 cm³/mol. The van der Waals surface area contributed by atoms with Gasteiger partial charge >= 0.3 is 0 Å². The molecule has 23 heavy (non-hydrogen) atoms. The van der Waals surface area contributed by atoms with E-state index in [-0.39, 0.29) is 5.82 Å². The van der Waals surface area contributed by atoms with Crippen molar-refractivity contribution in [2.24, 2.45) is 5.73 Å². The summed E-state index contributed by atoms with van der Waals surface area (Å²) in [5.41, 5.74) is 9.24. The molecule has 3 rings (SSSR count). The maximum absolute atomic E-state index is 13.0. The molecule has 0 saturated carbocycles. The molecule has 0 aliphatic carbocycles. The number of hydrogen-bond acceptors (Lipinski definition) is 2. The Morgan fingerprint density at radius 1 is 1.09 bits per heavy atom. The van der Waals surface area contributed by atoms with Crippen molar-refractivity contribution in [3.63, 3.8) is 0 Å². The Balaban J connectivity index is 1.98. The van der Waals surface area contributed by atoms with Gasteiger partial charge in [0, 0.05) is 23.7 Å². The number of nitrogens with zero attached hydrogens (tertiary/aromatic N) is 2. The van der Waals surface area contributed by atoms with Gasteiger partial charge in [-0.25, -0.2) is 9.37 Å². The van der Waals surface area contributed by atoms with Gasteiger partial charge in [0.2, 0.25) is 0 Å². The summed E-state index contributed by atoms with van der Waals surface area (Å²) in [5.74, 6) is -0.257. The zero-order valence-corrected chi connectivity index (χ0v) is 13.7. The molecule has 0 amide bonds. The molecule has 0 aliphatic heterocycles. The normalized spacial score (nSPS) is 11.0. The van der Waals surface area contributed by atoms with Gasteiger partial charge in [-0.1, -0.05) is 35.3 Å². The van der Waals surface area contributed by atoms with E-state index in [1.165, 1.54) is 12.1 Å². The van der Waals surface area contributed by atoms with Crippen LogP contribution >= 0.6 is 23.2 Å². The zero-order valence-electron chi connectivity index (χ0n) is 12.1. The standard InChI is InChI=1S/C17H14Cl2FN3/c18-12-3-6-14(15(19)7-12)17-16(8-21)23(10-22-17)9-11-1-4-13(20)5-2-11/h1-7,10H,8-9,21H2. The summed E-state index contributed by atoms with van der Waals surface area (Å²) in [6.07, 6.45) is 1.71. The van der Waals surface area contributed by atoms with E-state index in [9.17, 15) is 4.39 Å². The Morgan fingerprint density at radius 2 is 1.83 bits per heavy atom. The van der Waals surface area contributed by atoms with Crippen LogP contribution in [0.25, 0.3) is 11.3 Å². The lowest BCUT2D eigenvalue weighted by atomic mass is 10.1. The van der Waals surface area contributed by atoms with E-state index in [1.54, 1.807) is 30.6 Å². The van der Waals surface area contributed by atoms with Gasteiger partial charge in [0.05, 0.1) is 22.7 Å². The van der Waals surface area contributed by atoms with E-state index in [0.29, 0.717) is 23.1 Å². The average molecular weight is 350 g/mol. The van der Waals surface area contributed by atoms with Gasteiger partial charge in [-0.3, -0.25) is 0 Å². The number of imidazole rings is 1. The number of hydrogen-bond donors (Lipinski definition) is 1. The fourth-order valence-corrected chi connectivity index (χ4v) is 2.95. The maximum atomic E-state index is 13.0. The first kappa shape index (κ1) is 16.0. The molecule has 0 atom stereocenters. The van der Waals surface area contributed by atoms with Crippen molar-refractivity contribution in [3.8, 4) is 11.3 Å². The smallest absolute Gasteiger partial charge is 0.123 e. The Hall–Kier alpha value is -1.88. The summed E-state index contributed by atoms with van der Waals surface area (Å²) >= 11 is 12.2. The maximum Gasteiger partial charge on any atom is 0.123 e. The first-order valence-electron chi connectivity index (χ1n) is 7.02. The molecule has 0 aliphatic rings. The molecule has 1 aromatic heterocycles. The van der Waals surface area contributed by atoms with Crippen molar-refractivity contribution < 1.29 is 4.39 Å². The van der Waals surface area contributed by atoms with Crippen LogP contribution in [0, 0.1) is 5.82 Å². The van der Waals surface area contributed by atoms with Crippen molar-refractivity contribution in [2.75, 3.05) is 0 Å². The van der Waals surface area contributed by atoms with Gasteiger partial charge in [0.1, 0.15) is 5.82 Å². The van der Waals surface area contributed by atoms with Crippen LogP contribution in [0.2, 0.25) is 10.0 Å². The number of benzene rings is 2. The summed E-state index contributed by atoms with van der Waals surface area (Å²) in [7, 11) is 0. The van der Waals surface area contributed by atoms with E-state index < -0.39 is 0 Å². The minimum Gasteiger partial charge on any atom is -0.328 e. The Kier molecular flexibility index (Phi) is 4.66. The predicted octanol–water partition coefficient (Wildman–Crippen LogP) is 4.50. The van der Waals surface area contributed by atoms with Gasteiger partial charge in [-0.05, 0) is 35.9 Å². The van der Waals surface area contributed by atoms with Crippen LogP contribution in [-0.2, 0) is 13.1 Å². The van der Waals surface area contributed by atoms with Gasteiger partial charge in [0.15, 0.2) is 0 Å². The first-order chi connectivity index (χ1) is 11.1. The van der Waals surface area contributed by atoms with Crippen molar-refractivity contribution in [2.45, 2.75) is 13.1 Å². The second-order valence-corrected chi connectivity index (χ2v) is 5.97. The summed E-state index contributed by atoms with van der Waals surface area (Å²) in [6.45, 7) is 0.876. The molecule has 0 unspecified atom stereocenters. The molecule has 0 bridgehead atoms. The van der Waals surface area contributed by atoms with Gasteiger partial charge in [-0.2, -0.15) is 0 Å². The van der Waals surface area contributed by atoms with Crippen LogP contribution in [-0.4, -0.2) is 9.55 Å². The molecule has 0 radical (unpaired) electrons. The van der Waals surface area contributed by atoms with Gasteiger partial charge in [0.25, 0.3) is 0 Å². The summed E-state index contributed by atoms with van der Waals surface area (Å²) in [5, 5.41) is 1.10. The summed E-state index contributed by atoms with van der Waals surface area (Å²) in [4.78, 5) is 4.44. The molecule has 118 valence electrons. The highest BCUT2D eigenvalue weighted by Gasteiger charge is 2.14. The molecule has 0 fully saturated rings. The van der Waals surface area contributed by atoms with E-state index >= 15 is 0 Å². The number of rotatable bonds is 4. The highest BCUT2D eigenvalue weighted by atomic mass is 35.5. The lowest BCUT2D eigenvalue weighted by Crippen LogP contribution is -2.08. The molecule has 1 heterocycles. The van der Waals surface area contributed by atoms with Crippen LogP contribution in [0.4, 0.5) is 4.39 Å². The van der Waals surface area contributed by atoms with Crippen molar-refractivity contribution >= 4 is 23.2 Å². The third kappa shape index (κ3) is 3.39. The third-order valence-corrected chi connectivity index (χ3v) is 4.14. The van der Waals surface area contributed by atoms with E-state index in [1.807, 2.05) is 10.6 Å². The van der Waals surface area contributed by atoms with Gasteiger partial charge in [-0.15, -0.1) is 0 Å². The lowest BCUT2D eigenvalue weighted by molar-refractivity contribution is 0.626. The fourth-order valence-electron chi connectivity index (χ4n) is 2.45. The third-order valence-electron chi connectivity index (χ3n) is 3.59. The molecule has 0 spiro atoms.